The average molecular weight is 353 g/mol. The van der Waals surface area contributed by atoms with Crippen LogP contribution in [0.1, 0.15) is 37.8 Å². The Hall–Kier alpha value is -2.33. The van der Waals surface area contributed by atoms with E-state index in [0.29, 0.717) is 32.6 Å². The van der Waals surface area contributed by atoms with Crippen molar-refractivity contribution in [3.05, 3.63) is 65.7 Å². The molecule has 0 aliphatic carbocycles. The maximum atomic E-state index is 13.2. The third kappa shape index (κ3) is 4.25. The molecule has 1 fully saturated rings. The lowest BCUT2D eigenvalue weighted by Gasteiger charge is -2.36. The highest BCUT2D eigenvalue weighted by molar-refractivity contribution is 5.88. The third-order valence-corrected chi connectivity index (χ3v) is 4.83. The number of carbonyl (C=O) groups excluding carboxylic acids is 1. The second-order valence-electron chi connectivity index (χ2n) is 7.06. The summed E-state index contributed by atoms with van der Waals surface area (Å²) in [6.45, 7) is 5.72. The number of hydrogen-bond donors (Lipinski definition) is 1. The Labute approximate surface area is 155 Å². The van der Waals surface area contributed by atoms with Crippen LogP contribution in [0.2, 0.25) is 0 Å². The van der Waals surface area contributed by atoms with Crippen LogP contribution in [-0.2, 0) is 21.5 Å². The predicted molar refractivity (Wildman–Crippen MR) is 102 cm³/mol. The predicted octanol–water partition coefficient (Wildman–Crippen LogP) is 3.84. The van der Waals surface area contributed by atoms with Gasteiger partial charge in [0.1, 0.15) is 5.75 Å². The highest BCUT2D eigenvalue weighted by Gasteiger charge is 2.41. The molecule has 1 N–H and O–H groups in total. The van der Waals surface area contributed by atoms with Crippen molar-refractivity contribution in [3.63, 3.8) is 0 Å². The molecule has 0 spiro atoms. The van der Waals surface area contributed by atoms with E-state index in [1.165, 1.54) is 0 Å². The Kier molecular flexibility index (Phi) is 5.94. The lowest BCUT2D eigenvalue weighted by molar-refractivity contribution is -0.130. The van der Waals surface area contributed by atoms with Crippen molar-refractivity contribution in [2.45, 2.75) is 44.8 Å². The second-order valence-corrected chi connectivity index (χ2v) is 7.06. The molecule has 138 valence electrons. The van der Waals surface area contributed by atoms with Crippen LogP contribution in [0.4, 0.5) is 0 Å². The fourth-order valence-corrected chi connectivity index (χ4v) is 3.48. The highest BCUT2D eigenvalue weighted by atomic mass is 16.5. The fraction of sp³-hybridized carbons (Fsp3) is 0.409. The lowest BCUT2D eigenvalue weighted by atomic mass is 9.73. The Bertz CT molecular complexity index is 721. The van der Waals surface area contributed by atoms with Crippen LogP contribution < -0.4 is 10.1 Å². The van der Waals surface area contributed by atoms with E-state index in [4.69, 9.17) is 9.47 Å². The summed E-state index contributed by atoms with van der Waals surface area (Å²) in [7, 11) is 0. The van der Waals surface area contributed by atoms with Gasteiger partial charge in [-0.2, -0.15) is 0 Å². The van der Waals surface area contributed by atoms with Gasteiger partial charge in [-0.25, -0.2) is 0 Å². The van der Waals surface area contributed by atoms with Crippen molar-refractivity contribution in [1.82, 2.24) is 5.32 Å². The van der Waals surface area contributed by atoms with Crippen molar-refractivity contribution in [2.75, 3.05) is 13.2 Å². The average Bonchev–Trinajstić information content (AvgIpc) is 2.67. The normalized spacial score (nSPS) is 16.3. The standard InChI is InChI=1S/C22H27NO3/c1-17(2)26-20-10-6-7-18(15-20)16-23-21(24)22(11-13-25-14-12-22)19-8-4-3-5-9-19/h3-10,15,17H,11-14,16H2,1-2H3,(H,23,24). The molecule has 0 unspecified atom stereocenters. The summed E-state index contributed by atoms with van der Waals surface area (Å²) in [5, 5.41) is 3.14. The molecule has 1 aliphatic rings. The van der Waals surface area contributed by atoms with Crippen molar-refractivity contribution in [3.8, 4) is 5.75 Å². The number of hydrogen-bond acceptors (Lipinski definition) is 3. The maximum absolute atomic E-state index is 13.2. The smallest absolute Gasteiger partial charge is 0.231 e. The molecule has 0 radical (unpaired) electrons. The van der Waals surface area contributed by atoms with Gasteiger partial charge in [0.2, 0.25) is 5.91 Å². The van der Waals surface area contributed by atoms with Gasteiger partial charge in [0.15, 0.2) is 0 Å². The molecule has 0 saturated carbocycles. The van der Waals surface area contributed by atoms with Gasteiger partial charge in [-0.1, -0.05) is 42.5 Å². The molecular weight excluding hydrogens is 326 g/mol. The monoisotopic (exact) mass is 353 g/mol. The zero-order valence-corrected chi connectivity index (χ0v) is 15.5. The molecule has 4 heteroatoms. The molecule has 4 nitrogen and oxygen atoms in total. The first-order valence-corrected chi connectivity index (χ1v) is 9.27. The van der Waals surface area contributed by atoms with Gasteiger partial charge < -0.3 is 14.8 Å². The van der Waals surface area contributed by atoms with Gasteiger partial charge in [-0.05, 0) is 49.9 Å². The Morgan fingerprint density at radius 2 is 1.85 bits per heavy atom. The van der Waals surface area contributed by atoms with Gasteiger partial charge in [-0.3, -0.25) is 4.79 Å². The second kappa shape index (κ2) is 8.37. The van der Waals surface area contributed by atoms with E-state index in [2.05, 4.69) is 5.32 Å². The molecule has 2 aromatic carbocycles. The summed E-state index contributed by atoms with van der Waals surface area (Å²) < 4.78 is 11.3. The summed E-state index contributed by atoms with van der Waals surface area (Å²) in [4.78, 5) is 13.2. The molecule has 26 heavy (non-hydrogen) atoms. The maximum Gasteiger partial charge on any atom is 0.231 e. The topological polar surface area (TPSA) is 47.6 Å². The Balaban J connectivity index is 1.73. The lowest BCUT2D eigenvalue weighted by Crippen LogP contribution is -2.47. The molecule has 1 saturated heterocycles. The summed E-state index contributed by atoms with van der Waals surface area (Å²) in [6, 6.07) is 17.9. The van der Waals surface area contributed by atoms with E-state index in [1.807, 2.05) is 68.4 Å². The van der Waals surface area contributed by atoms with Crippen molar-refractivity contribution < 1.29 is 14.3 Å². The number of benzene rings is 2. The van der Waals surface area contributed by atoms with E-state index < -0.39 is 5.41 Å². The third-order valence-electron chi connectivity index (χ3n) is 4.83. The molecule has 0 bridgehead atoms. The Morgan fingerprint density at radius 1 is 1.12 bits per heavy atom. The van der Waals surface area contributed by atoms with E-state index in [9.17, 15) is 4.79 Å². The van der Waals surface area contributed by atoms with Crippen LogP contribution in [0.15, 0.2) is 54.6 Å². The van der Waals surface area contributed by atoms with Crippen LogP contribution in [0.25, 0.3) is 0 Å². The first kappa shape index (κ1) is 18.5. The van der Waals surface area contributed by atoms with E-state index in [0.717, 1.165) is 16.9 Å². The van der Waals surface area contributed by atoms with Crippen molar-refractivity contribution >= 4 is 5.91 Å². The van der Waals surface area contributed by atoms with Crippen LogP contribution in [0.5, 0.6) is 5.75 Å². The van der Waals surface area contributed by atoms with E-state index in [1.54, 1.807) is 0 Å². The highest BCUT2D eigenvalue weighted by Crippen LogP contribution is 2.35. The summed E-state index contributed by atoms with van der Waals surface area (Å²) >= 11 is 0. The number of ether oxygens (including phenoxy) is 2. The van der Waals surface area contributed by atoms with E-state index in [-0.39, 0.29) is 12.0 Å². The quantitative estimate of drug-likeness (QED) is 0.858. The number of amides is 1. The minimum Gasteiger partial charge on any atom is -0.491 e. The largest absolute Gasteiger partial charge is 0.491 e. The molecule has 1 amide bonds. The van der Waals surface area contributed by atoms with Crippen molar-refractivity contribution in [2.24, 2.45) is 0 Å². The Morgan fingerprint density at radius 3 is 2.54 bits per heavy atom. The number of carbonyl (C=O) groups is 1. The summed E-state index contributed by atoms with van der Waals surface area (Å²) in [5.41, 5.74) is 1.59. The van der Waals surface area contributed by atoms with Crippen LogP contribution >= 0.6 is 0 Å². The molecule has 1 aliphatic heterocycles. The van der Waals surface area contributed by atoms with Gasteiger partial charge in [0, 0.05) is 19.8 Å². The number of rotatable bonds is 6. The summed E-state index contributed by atoms with van der Waals surface area (Å²) in [6.07, 6.45) is 1.54. The number of nitrogens with one attached hydrogen (secondary N) is 1. The zero-order chi connectivity index (χ0) is 18.4. The SMILES string of the molecule is CC(C)Oc1cccc(CNC(=O)C2(c3ccccc3)CCOCC2)c1. The minimum atomic E-state index is -0.508. The van der Waals surface area contributed by atoms with E-state index >= 15 is 0 Å². The van der Waals surface area contributed by atoms with Crippen molar-refractivity contribution in [1.29, 1.82) is 0 Å². The van der Waals surface area contributed by atoms with Gasteiger partial charge in [-0.15, -0.1) is 0 Å². The minimum absolute atomic E-state index is 0.0715. The van der Waals surface area contributed by atoms with Gasteiger partial charge >= 0.3 is 0 Å². The van der Waals surface area contributed by atoms with Gasteiger partial charge in [0.25, 0.3) is 0 Å². The molecule has 3 rings (SSSR count). The van der Waals surface area contributed by atoms with Crippen LogP contribution in [-0.4, -0.2) is 25.2 Å². The fourth-order valence-electron chi connectivity index (χ4n) is 3.48. The molecule has 0 aromatic heterocycles. The van der Waals surface area contributed by atoms with Crippen LogP contribution in [0.3, 0.4) is 0 Å². The first-order valence-electron chi connectivity index (χ1n) is 9.27. The molecule has 0 atom stereocenters. The first-order chi connectivity index (χ1) is 12.6. The molecule has 2 aromatic rings. The van der Waals surface area contributed by atoms with Gasteiger partial charge in [0.05, 0.1) is 11.5 Å². The molecule has 1 heterocycles. The van der Waals surface area contributed by atoms with Crippen LogP contribution in [0, 0.1) is 0 Å². The zero-order valence-electron chi connectivity index (χ0n) is 15.5. The summed E-state index contributed by atoms with van der Waals surface area (Å²) in [5.74, 6) is 0.901. The molecular formula is C22H27NO3.